The van der Waals surface area contributed by atoms with Crippen molar-refractivity contribution in [2.75, 3.05) is 13.1 Å². The fraction of sp³-hybridized carbons (Fsp3) is 0.300. The smallest absolute Gasteiger partial charge is 0.256 e. The summed E-state index contributed by atoms with van der Waals surface area (Å²) in [4.78, 5) is 13.0. The molecule has 5 heteroatoms. The predicted octanol–water partition coefficient (Wildman–Crippen LogP) is 0.748. The number of carbonyl (C=O) groups excluding carboxylic acids is 1. The van der Waals surface area contributed by atoms with Crippen LogP contribution in [0.5, 0.6) is 0 Å². The lowest BCUT2D eigenvalue weighted by Crippen LogP contribution is -2.57. The molecular formula is C10H10F2N2O. The molecule has 0 saturated carbocycles. The van der Waals surface area contributed by atoms with E-state index in [9.17, 15) is 13.6 Å². The number of halogens is 2. The number of benzene rings is 1. The topological polar surface area (TPSA) is 46.3 Å². The highest BCUT2D eigenvalue weighted by atomic mass is 19.1. The van der Waals surface area contributed by atoms with Gasteiger partial charge in [-0.2, -0.15) is 0 Å². The van der Waals surface area contributed by atoms with Crippen molar-refractivity contribution in [3.8, 4) is 0 Å². The molecule has 2 N–H and O–H groups in total. The van der Waals surface area contributed by atoms with E-state index in [0.717, 1.165) is 12.1 Å². The van der Waals surface area contributed by atoms with E-state index in [1.54, 1.807) is 0 Å². The number of hydrogen-bond acceptors (Lipinski definition) is 2. The fourth-order valence-corrected chi connectivity index (χ4v) is 1.51. The van der Waals surface area contributed by atoms with Crippen molar-refractivity contribution in [3.05, 3.63) is 35.4 Å². The van der Waals surface area contributed by atoms with Gasteiger partial charge in [0.25, 0.3) is 5.91 Å². The van der Waals surface area contributed by atoms with Crippen LogP contribution in [0.4, 0.5) is 8.78 Å². The number of likely N-dealkylation sites (tertiary alicyclic amines) is 1. The minimum atomic E-state index is -0.833. The Labute approximate surface area is 85.5 Å². The van der Waals surface area contributed by atoms with Gasteiger partial charge in [-0.25, -0.2) is 8.78 Å². The summed E-state index contributed by atoms with van der Waals surface area (Å²) in [6.07, 6.45) is 0. The van der Waals surface area contributed by atoms with Crippen LogP contribution in [0.1, 0.15) is 10.4 Å². The minimum Gasteiger partial charge on any atom is -0.335 e. The van der Waals surface area contributed by atoms with E-state index in [0.29, 0.717) is 19.2 Å². The molecule has 1 saturated heterocycles. The molecule has 1 aromatic rings. The van der Waals surface area contributed by atoms with E-state index in [1.807, 2.05) is 0 Å². The van der Waals surface area contributed by atoms with E-state index >= 15 is 0 Å². The van der Waals surface area contributed by atoms with Crippen molar-refractivity contribution >= 4 is 5.91 Å². The van der Waals surface area contributed by atoms with Crippen molar-refractivity contribution < 1.29 is 13.6 Å². The highest BCUT2D eigenvalue weighted by molar-refractivity contribution is 5.95. The minimum absolute atomic E-state index is 0.0301. The highest BCUT2D eigenvalue weighted by Gasteiger charge is 2.29. The lowest BCUT2D eigenvalue weighted by molar-refractivity contribution is 0.0603. The Bertz CT molecular complexity index is 402. The van der Waals surface area contributed by atoms with E-state index in [2.05, 4.69) is 0 Å². The van der Waals surface area contributed by atoms with Crippen LogP contribution >= 0.6 is 0 Å². The van der Waals surface area contributed by atoms with Gasteiger partial charge >= 0.3 is 0 Å². The molecule has 0 aliphatic carbocycles. The molecule has 1 heterocycles. The standard InChI is InChI=1S/C10H10F2N2O/c11-6-1-2-8(9(12)3-6)10(15)14-4-7(13)5-14/h1-3,7H,4-5,13H2. The first kappa shape index (κ1) is 10.0. The quantitative estimate of drug-likeness (QED) is 0.746. The van der Waals surface area contributed by atoms with E-state index in [4.69, 9.17) is 5.73 Å². The van der Waals surface area contributed by atoms with Gasteiger partial charge in [-0.15, -0.1) is 0 Å². The van der Waals surface area contributed by atoms with Gasteiger partial charge in [0.05, 0.1) is 5.56 Å². The van der Waals surface area contributed by atoms with E-state index < -0.39 is 17.5 Å². The Morgan fingerprint density at radius 3 is 2.60 bits per heavy atom. The maximum Gasteiger partial charge on any atom is 0.256 e. The molecule has 0 aromatic heterocycles. The first-order valence-corrected chi connectivity index (χ1v) is 4.58. The van der Waals surface area contributed by atoms with Crippen LogP contribution < -0.4 is 5.73 Å². The SMILES string of the molecule is NC1CN(C(=O)c2ccc(F)cc2F)C1. The Morgan fingerprint density at radius 1 is 1.40 bits per heavy atom. The van der Waals surface area contributed by atoms with Gasteiger partial charge in [-0.05, 0) is 12.1 Å². The van der Waals surface area contributed by atoms with Crippen LogP contribution in [-0.4, -0.2) is 29.9 Å². The Hall–Kier alpha value is -1.49. The van der Waals surface area contributed by atoms with Crippen LogP contribution in [0.3, 0.4) is 0 Å². The van der Waals surface area contributed by atoms with Crippen LogP contribution in [-0.2, 0) is 0 Å². The summed E-state index contributed by atoms with van der Waals surface area (Å²) in [5, 5.41) is 0. The summed E-state index contributed by atoms with van der Waals surface area (Å²) >= 11 is 0. The predicted molar refractivity (Wildman–Crippen MR) is 50.2 cm³/mol. The number of carbonyl (C=O) groups is 1. The Kier molecular flexibility index (Phi) is 2.40. The molecule has 1 aromatic carbocycles. The number of nitrogens with zero attached hydrogens (tertiary/aromatic N) is 1. The third-order valence-corrected chi connectivity index (χ3v) is 2.36. The summed E-state index contributed by atoms with van der Waals surface area (Å²) < 4.78 is 25.8. The van der Waals surface area contributed by atoms with Gasteiger partial charge in [0, 0.05) is 25.2 Å². The maximum atomic E-state index is 13.2. The lowest BCUT2D eigenvalue weighted by Gasteiger charge is -2.36. The van der Waals surface area contributed by atoms with Gasteiger partial charge in [-0.3, -0.25) is 4.79 Å². The molecule has 0 spiro atoms. The second kappa shape index (κ2) is 3.58. The third kappa shape index (κ3) is 1.83. The monoisotopic (exact) mass is 212 g/mol. The maximum absolute atomic E-state index is 13.2. The van der Waals surface area contributed by atoms with Crippen molar-refractivity contribution in [2.45, 2.75) is 6.04 Å². The average Bonchev–Trinajstić information content (AvgIpc) is 2.12. The van der Waals surface area contributed by atoms with Gasteiger partial charge < -0.3 is 10.6 Å². The largest absolute Gasteiger partial charge is 0.335 e. The molecule has 1 fully saturated rings. The second-order valence-corrected chi connectivity index (χ2v) is 3.59. The first-order chi connectivity index (χ1) is 7.08. The number of hydrogen-bond donors (Lipinski definition) is 1. The molecule has 0 bridgehead atoms. The Balaban J connectivity index is 2.19. The number of nitrogens with two attached hydrogens (primary N) is 1. The Morgan fingerprint density at radius 2 is 2.07 bits per heavy atom. The molecule has 1 amide bonds. The van der Waals surface area contributed by atoms with Crippen molar-refractivity contribution in [1.82, 2.24) is 4.90 Å². The summed E-state index contributed by atoms with van der Waals surface area (Å²) in [7, 11) is 0. The van der Waals surface area contributed by atoms with Gasteiger partial charge in [0.15, 0.2) is 0 Å². The van der Waals surface area contributed by atoms with Gasteiger partial charge in [0.1, 0.15) is 11.6 Å². The first-order valence-electron chi connectivity index (χ1n) is 4.58. The summed E-state index contributed by atoms with van der Waals surface area (Å²) in [5.74, 6) is -1.96. The van der Waals surface area contributed by atoms with Crippen molar-refractivity contribution in [3.63, 3.8) is 0 Å². The molecule has 0 unspecified atom stereocenters. The zero-order valence-electron chi connectivity index (χ0n) is 7.91. The molecule has 80 valence electrons. The number of amides is 1. The summed E-state index contributed by atoms with van der Waals surface area (Å²) in [5.41, 5.74) is 5.39. The summed E-state index contributed by atoms with van der Waals surface area (Å²) in [6.45, 7) is 0.852. The molecular weight excluding hydrogens is 202 g/mol. The lowest BCUT2D eigenvalue weighted by atomic mass is 10.1. The average molecular weight is 212 g/mol. The molecule has 3 nitrogen and oxygen atoms in total. The van der Waals surface area contributed by atoms with Gasteiger partial charge in [-0.1, -0.05) is 0 Å². The molecule has 15 heavy (non-hydrogen) atoms. The molecule has 2 rings (SSSR count). The number of rotatable bonds is 1. The van der Waals surface area contributed by atoms with Crippen LogP contribution in [0.25, 0.3) is 0 Å². The summed E-state index contributed by atoms with van der Waals surface area (Å²) in [6, 6.07) is 2.89. The molecule has 0 radical (unpaired) electrons. The van der Waals surface area contributed by atoms with E-state index in [1.165, 1.54) is 4.90 Å². The highest BCUT2D eigenvalue weighted by Crippen LogP contribution is 2.15. The van der Waals surface area contributed by atoms with Gasteiger partial charge in [0.2, 0.25) is 0 Å². The van der Waals surface area contributed by atoms with Crippen molar-refractivity contribution in [2.24, 2.45) is 5.73 Å². The molecule has 0 atom stereocenters. The molecule has 1 aliphatic rings. The zero-order chi connectivity index (χ0) is 11.0. The second-order valence-electron chi connectivity index (χ2n) is 3.59. The van der Waals surface area contributed by atoms with Crippen LogP contribution in [0.2, 0.25) is 0 Å². The third-order valence-electron chi connectivity index (χ3n) is 2.36. The van der Waals surface area contributed by atoms with E-state index in [-0.39, 0.29) is 11.6 Å². The van der Waals surface area contributed by atoms with Crippen molar-refractivity contribution in [1.29, 1.82) is 0 Å². The van der Waals surface area contributed by atoms with Crippen LogP contribution in [0, 0.1) is 11.6 Å². The fourth-order valence-electron chi connectivity index (χ4n) is 1.51. The zero-order valence-corrected chi connectivity index (χ0v) is 7.91. The molecule has 1 aliphatic heterocycles. The van der Waals surface area contributed by atoms with Crippen LogP contribution in [0.15, 0.2) is 18.2 Å². The normalized spacial score (nSPS) is 16.3.